The maximum absolute atomic E-state index is 12.7. The lowest BCUT2D eigenvalue weighted by Gasteiger charge is -2.25. The van der Waals surface area contributed by atoms with Crippen LogP contribution in [0.3, 0.4) is 0 Å². The van der Waals surface area contributed by atoms with E-state index in [4.69, 9.17) is 12.2 Å². The lowest BCUT2D eigenvalue weighted by Crippen LogP contribution is -2.35. The van der Waals surface area contributed by atoms with Gasteiger partial charge in [0.2, 0.25) is 15.9 Å². The van der Waals surface area contributed by atoms with Crippen molar-refractivity contribution in [3.05, 3.63) is 24.3 Å². The van der Waals surface area contributed by atoms with Crippen LogP contribution in [0.25, 0.3) is 0 Å². The summed E-state index contributed by atoms with van der Waals surface area (Å²) in [5, 5.41) is 5.92. The minimum Gasteiger partial charge on any atom is -0.332 e. The molecule has 0 spiro atoms. The molecule has 1 aromatic carbocycles. The van der Waals surface area contributed by atoms with E-state index >= 15 is 0 Å². The van der Waals surface area contributed by atoms with Gasteiger partial charge in [0.15, 0.2) is 5.11 Å². The maximum Gasteiger partial charge on any atom is 0.243 e. The molecule has 1 amide bonds. The number of thiocarbonyl (C=S) groups is 1. The molecule has 6 nitrogen and oxygen atoms in total. The van der Waals surface area contributed by atoms with Gasteiger partial charge in [-0.05, 0) is 55.7 Å². The molecule has 192 valence electrons. The Morgan fingerprint density at radius 2 is 1.38 bits per heavy atom. The molecule has 1 aromatic rings. The molecule has 2 rings (SSSR count). The average molecular weight is 510 g/mol. The van der Waals surface area contributed by atoms with Crippen LogP contribution in [0.4, 0.5) is 5.69 Å². The summed E-state index contributed by atoms with van der Waals surface area (Å²) in [6.07, 6.45) is 17.1. The topological polar surface area (TPSA) is 78.5 Å². The van der Waals surface area contributed by atoms with Crippen molar-refractivity contribution in [3.8, 4) is 0 Å². The van der Waals surface area contributed by atoms with Crippen molar-refractivity contribution in [2.75, 3.05) is 18.4 Å². The second kappa shape index (κ2) is 16.2. The van der Waals surface area contributed by atoms with E-state index in [1.54, 1.807) is 28.6 Å². The zero-order valence-corrected chi connectivity index (χ0v) is 22.5. The fraction of sp³-hybridized carbons (Fsp3) is 0.692. The Bertz CT molecular complexity index is 835. The summed E-state index contributed by atoms with van der Waals surface area (Å²) in [4.78, 5) is 12.4. The zero-order valence-electron chi connectivity index (χ0n) is 20.8. The van der Waals surface area contributed by atoms with Crippen LogP contribution in [-0.4, -0.2) is 36.8 Å². The van der Waals surface area contributed by atoms with Crippen molar-refractivity contribution in [3.63, 3.8) is 0 Å². The van der Waals surface area contributed by atoms with Crippen LogP contribution in [0.5, 0.6) is 0 Å². The lowest BCUT2D eigenvalue weighted by atomic mass is 10.1. The second-order valence-electron chi connectivity index (χ2n) is 9.28. The number of hydrogen-bond acceptors (Lipinski definition) is 4. The first-order chi connectivity index (χ1) is 16.4. The number of piperidine rings is 1. The second-order valence-corrected chi connectivity index (χ2v) is 11.6. The molecular formula is C26H43N3O3S2. The first-order valence-corrected chi connectivity index (χ1v) is 15.0. The summed E-state index contributed by atoms with van der Waals surface area (Å²) in [5.74, 6) is -0.0854. The third-order valence-corrected chi connectivity index (χ3v) is 8.44. The fourth-order valence-electron chi connectivity index (χ4n) is 4.27. The van der Waals surface area contributed by atoms with Gasteiger partial charge in [0.1, 0.15) is 0 Å². The van der Waals surface area contributed by atoms with Gasteiger partial charge in [-0.3, -0.25) is 4.79 Å². The van der Waals surface area contributed by atoms with E-state index in [9.17, 15) is 13.2 Å². The first-order valence-electron chi connectivity index (χ1n) is 13.1. The van der Waals surface area contributed by atoms with Gasteiger partial charge in [0, 0.05) is 25.2 Å². The molecule has 1 aliphatic rings. The third-order valence-electron chi connectivity index (χ3n) is 6.33. The molecule has 0 aromatic heterocycles. The Balaban J connectivity index is 1.59. The number of benzene rings is 1. The Kier molecular flexibility index (Phi) is 13.7. The number of amides is 1. The lowest BCUT2D eigenvalue weighted by molar-refractivity contribution is -0.119. The van der Waals surface area contributed by atoms with Crippen LogP contribution < -0.4 is 10.6 Å². The minimum absolute atomic E-state index is 0.0854. The Labute approximate surface area is 212 Å². The van der Waals surface area contributed by atoms with Crippen molar-refractivity contribution >= 4 is 38.9 Å². The highest BCUT2D eigenvalue weighted by molar-refractivity contribution is 7.89. The number of carbonyl (C=O) groups is 1. The highest BCUT2D eigenvalue weighted by atomic mass is 32.2. The van der Waals surface area contributed by atoms with Gasteiger partial charge in [-0.15, -0.1) is 0 Å². The summed E-state index contributed by atoms with van der Waals surface area (Å²) in [6.45, 7) is 3.41. The van der Waals surface area contributed by atoms with Crippen LogP contribution >= 0.6 is 12.2 Å². The third kappa shape index (κ3) is 10.8. The van der Waals surface area contributed by atoms with E-state index in [-0.39, 0.29) is 15.9 Å². The average Bonchev–Trinajstić information content (AvgIpc) is 2.83. The van der Waals surface area contributed by atoms with Crippen molar-refractivity contribution in [2.45, 2.75) is 108 Å². The van der Waals surface area contributed by atoms with Gasteiger partial charge in [-0.1, -0.05) is 77.6 Å². The van der Waals surface area contributed by atoms with Crippen LogP contribution in [-0.2, 0) is 14.8 Å². The normalized spacial score (nSPS) is 14.6. The van der Waals surface area contributed by atoms with Crippen LogP contribution in [0, 0.1) is 0 Å². The number of carbonyl (C=O) groups excluding carboxylic acids is 1. The largest absolute Gasteiger partial charge is 0.332 e. The van der Waals surface area contributed by atoms with Gasteiger partial charge < -0.3 is 10.6 Å². The van der Waals surface area contributed by atoms with Crippen molar-refractivity contribution < 1.29 is 13.2 Å². The van der Waals surface area contributed by atoms with Gasteiger partial charge in [0.05, 0.1) is 4.90 Å². The highest BCUT2D eigenvalue weighted by Crippen LogP contribution is 2.22. The summed E-state index contributed by atoms with van der Waals surface area (Å²) in [7, 11) is -3.45. The molecule has 8 heteroatoms. The predicted octanol–water partition coefficient (Wildman–Crippen LogP) is 6.38. The molecule has 34 heavy (non-hydrogen) atoms. The van der Waals surface area contributed by atoms with Crippen LogP contribution in [0.15, 0.2) is 29.2 Å². The van der Waals surface area contributed by atoms with Crippen molar-refractivity contribution in [2.24, 2.45) is 0 Å². The summed E-state index contributed by atoms with van der Waals surface area (Å²) >= 11 is 5.24. The van der Waals surface area contributed by atoms with Crippen molar-refractivity contribution in [1.82, 2.24) is 9.62 Å². The number of rotatable bonds is 15. The maximum atomic E-state index is 12.7. The Morgan fingerprint density at radius 1 is 0.853 bits per heavy atom. The molecule has 0 radical (unpaired) electrons. The molecule has 2 N–H and O–H groups in total. The summed E-state index contributed by atoms with van der Waals surface area (Å²) in [5.41, 5.74) is 0.651. The van der Waals surface area contributed by atoms with Gasteiger partial charge in [-0.2, -0.15) is 4.31 Å². The number of nitrogens with one attached hydrogen (secondary N) is 2. The molecule has 0 atom stereocenters. The van der Waals surface area contributed by atoms with Crippen LogP contribution in [0.2, 0.25) is 0 Å². The molecule has 0 saturated carbocycles. The van der Waals surface area contributed by atoms with E-state index in [1.165, 1.54) is 57.8 Å². The molecule has 1 heterocycles. The van der Waals surface area contributed by atoms with Gasteiger partial charge >= 0.3 is 0 Å². The standard InChI is InChI=1S/C26H43N3O3S2/c1-2-3-4-5-6-7-8-9-10-11-13-16-25(30)28-26(33)27-23-17-19-24(20-18-23)34(31,32)29-21-14-12-15-22-29/h17-20H,2-16,21-22H2,1H3,(H2,27,28,30,33). The van der Waals surface area contributed by atoms with Crippen molar-refractivity contribution in [1.29, 1.82) is 0 Å². The molecular weight excluding hydrogens is 466 g/mol. The summed E-state index contributed by atoms with van der Waals surface area (Å²) in [6, 6.07) is 6.53. The van der Waals surface area contributed by atoms with E-state index in [2.05, 4.69) is 17.6 Å². The fourth-order valence-corrected chi connectivity index (χ4v) is 6.01. The van der Waals surface area contributed by atoms with Gasteiger partial charge in [0.25, 0.3) is 0 Å². The Hall–Kier alpha value is -1.51. The SMILES string of the molecule is CCCCCCCCCCCCCC(=O)NC(=S)Nc1ccc(S(=O)(=O)N2CCCCC2)cc1. The summed E-state index contributed by atoms with van der Waals surface area (Å²) < 4.78 is 27.0. The minimum atomic E-state index is -3.45. The molecule has 1 saturated heterocycles. The number of hydrogen-bond donors (Lipinski definition) is 2. The van der Waals surface area contributed by atoms with E-state index in [1.807, 2.05) is 0 Å². The smallest absolute Gasteiger partial charge is 0.243 e. The number of anilines is 1. The Morgan fingerprint density at radius 3 is 1.94 bits per heavy atom. The molecule has 1 fully saturated rings. The predicted molar refractivity (Wildman–Crippen MR) is 144 cm³/mol. The van der Waals surface area contributed by atoms with Gasteiger partial charge in [-0.25, -0.2) is 8.42 Å². The molecule has 0 aliphatic carbocycles. The van der Waals surface area contributed by atoms with E-state index in [0.717, 1.165) is 32.1 Å². The molecule has 0 bridgehead atoms. The van der Waals surface area contributed by atoms with E-state index < -0.39 is 10.0 Å². The number of unbranched alkanes of at least 4 members (excludes halogenated alkanes) is 10. The quantitative estimate of drug-likeness (QED) is 0.212. The highest BCUT2D eigenvalue weighted by Gasteiger charge is 2.25. The first kappa shape index (κ1) is 28.7. The molecule has 1 aliphatic heterocycles. The van der Waals surface area contributed by atoms with E-state index in [0.29, 0.717) is 25.2 Å². The monoisotopic (exact) mass is 509 g/mol. The number of sulfonamides is 1. The molecule has 0 unspecified atom stereocenters. The zero-order chi connectivity index (χ0) is 24.7. The number of nitrogens with zero attached hydrogens (tertiary/aromatic N) is 1. The van der Waals surface area contributed by atoms with Crippen LogP contribution in [0.1, 0.15) is 103 Å².